The third kappa shape index (κ3) is 3.32. The molecule has 0 N–H and O–H groups in total. The summed E-state index contributed by atoms with van der Waals surface area (Å²) in [4.78, 5) is 2.42. The Balaban J connectivity index is 1.65. The summed E-state index contributed by atoms with van der Waals surface area (Å²) in [7, 11) is -3.59. The van der Waals surface area contributed by atoms with Crippen molar-refractivity contribution >= 4 is 10.0 Å². The second kappa shape index (κ2) is 6.62. The molecule has 22 heavy (non-hydrogen) atoms. The van der Waals surface area contributed by atoms with Crippen molar-refractivity contribution in [2.75, 3.05) is 39.4 Å². The molecule has 0 atom stereocenters. The molecule has 1 aromatic carbocycles. The first-order chi connectivity index (χ1) is 10.6. The maximum atomic E-state index is 13.3. The number of nitrogens with zero attached hydrogens (tertiary/aromatic N) is 2. The largest absolute Gasteiger partial charge is 0.379 e. The highest BCUT2D eigenvalue weighted by atomic mass is 32.2. The number of hydrogen-bond acceptors (Lipinski definition) is 4. The van der Waals surface area contributed by atoms with Crippen LogP contribution in [-0.4, -0.2) is 63.1 Å². The highest BCUT2D eigenvalue weighted by molar-refractivity contribution is 7.89. The van der Waals surface area contributed by atoms with Crippen molar-refractivity contribution in [1.82, 2.24) is 9.21 Å². The summed E-state index contributed by atoms with van der Waals surface area (Å²) >= 11 is 0. The minimum absolute atomic E-state index is 0.0392. The van der Waals surface area contributed by atoms with Gasteiger partial charge in [-0.15, -0.1) is 0 Å². The standard InChI is InChI=1S/C15H21FN2O3S/c16-13-2-1-3-15(12-13)22(19,20)18-6-4-14(5-7-18)17-8-10-21-11-9-17/h1-3,12,14H,4-11H2. The highest BCUT2D eigenvalue weighted by Gasteiger charge is 2.32. The van der Waals surface area contributed by atoms with Crippen molar-refractivity contribution in [1.29, 1.82) is 0 Å². The molecule has 2 saturated heterocycles. The van der Waals surface area contributed by atoms with E-state index in [4.69, 9.17) is 4.74 Å². The molecule has 122 valence electrons. The van der Waals surface area contributed by atoms with Crippen LogP contribution in [0.25, 0.3) is 0 Å². The Labute approximate surface area is 130 Å². The van der Waals surface area contributed by atoms with Crippen molar-refractivity contribution in [2.45, 2.75) is 23.8 Å². The lowest BCUT2D eigenvalue weighted by atomic mass is 10.0. The number of morpholine rings is 1. The highest BCUT2D eigenvalue weighted by Crippen LogP contribution is 2.24. The van der Waals surface area contributed by atoms with Gasteiger partial charge in [-0.05, 0) is 31.0 Å². The van der Waals surface area contributed by atoms with E-state index in [1.807, 2.05) is 0 Å². The Bertz CT molecular complexity index is 609. The molecular weight excluding hydrogens is 307 g/mol. The van der Waals surface area contributed by atoms with Crippen LogP contribution in [0.2, 0.25) is 0 Å². The first-order valence-corrected chi connectivity index (χ1v) is 9.09. The second-order valence-corrected chi connectivity index (χ2v) is 7.68. The maximum Gasteiger partial charge on any atom is 0.243 e. The van der Waals surface area contributed by atoms with Crippen molar-refractivity contribution in [2.24, 2.45) is 0 Å². The molecule has 1 aromatic rings. The molecule has 0 aliphatic carbocycles. The van der Waals surface area contributed by atoms with Crippen LogP contribution < -0.4 is 0 Å². The van der Waals surface area contributed by atoms with Gasteiger partial charge in [0.15, 0.2) is 0 Å². The fourth-order valence-corrected chi connectivity index (χ4v) is 4.67. The smallest absolute Gasteiger partial charge is 0.243 e. The minimum atomic E-state index is -3.59. The average molecular weight is 328 g/mol. The summed E-state index contributed by atoms with van der Waals surface area (Å²) in [6.45, 7) is 4.31. The SMILES string of the molecule is O=S(=O)(c1cccc(F)c1)N1CCC(N2CCOCC2)CC1. The third-order valence-electron chi connectivity index (χ3n) is 4.42. The quantitative estimate of drug-likeness (QED) is 0.839. The van der Waals surface area contributed by atoms with Crippen molar-refractivity contribution in [3.8, 4) is 0 Å². The molecule has 0 unspecified atom stereocenters. The van der Waals surface area contributed by atoms with Crippen LogP contribution >= 0.6 is 0 Å². The lowest BCUT2D eigenvalue weighted by Crippen LogP contribution is -2.50. The van der Waals surface area contributed by atoms with Gasteiger partial charge in [0.05, 0.1) is 18.1 Å². The van der Waals surface area contributed by atoms with Crippen LogP contribution in [0.1, 0.15) is 12.8 Å². The molecule has 0 saturated carbocycles. The van der Waals surface area contributed by atoms with E-state index in [0.717, 1.165) is 45.2 Å². The zero-order valence-corrected chi connectivity index (χ0v) is 13.3. The zero-order chi connectivity index (χ0) is 15.6. The van der Waals surface area contributed by atoms with Gasteiger partial charge in [-0.3, -0.25) is 4.90 Å². The predicted octanol–water partition coefficient (Wildman–Crippen LogP) is 1.31. The number of halogens is 1. The van der Waals surface area contributed by atoms with Crippen molar-refractivity contribution in [3.05, 3.63) is 30.1 Å². The molecular formula is C15H21FN2O3S. The van der Waals surface area contributed by atoms with E-state index >= 15 is 0 Å². The molecule has 0 bridgehead atoms. The Morgan fingerprint density at radius 1 is 1.09 bits per heavy atom. The molecule has 3 rings (SSSR count). The lowest BCUT2D eigenvalue weighted by Gasteiger charge is -2.39. The fourth-order valence-electron chi connectivity index (χ4n) is 3.17. The van der Waals surface area contributed by atoms with Gasteiger partial charge in [-0.2, -0.15) is 4.31 Å². The molecule has 5 nitrogen and oxygen atoms in total. The normalized spacial score (nSPS) is 22.8. The van der Waals surface area contributed by atoms with Gasteiger partial charge < -0.3 is 4.74 Å². The van der Waals surface area contributed by atoms with Crippen LogP contribution in [0.5, 0.6) is 0 Å². The number of hydrogen-bond donors (Lipinski definition) is 0. The van der Waals surface area contributed by atoms with Gasteiger partial charge >= 0.3 is 0 Å². The van der Waals surface area contributed by atoms with E-state index in [0.29, 0.717) is 19.1 Å². The first kappa shape index (κ1) is 15.9. The van der Waals surface area contributed by atoms with E-state index in [9.17, 15) is 12.8 Å². The van der Waals surface area contributed by atoms with Gasteiger partial charge in [-0.25, -0.2) is 12.8 Å². The number of ether oxygens (including phenoxy) is 1. The topological polar surface area (TPSA) is 49.9 Å². The summed E-state index contributed by atoms with van der Waals surface area (Å²) < 4.78 is 45.2. The number of benzene rings is 1. The summed E-state index contributed by atoms with van der Waals surface area (Å²) in [5.41, 5.74) is 0. The monoisotopic (exact) mass is 328 g/mol. The second-order valence-electron chi connectivity index (χ2n) is 5.74. The molecule has 0 amide bonds. The van der Waals surface area contributed by atoms with Crippen LogP contribution in [0.3, 0.4) is 0 Å². The van der Waals surface area contributed by atoms with Crippen LogP contribution in [0.15, 0.2) is 29.2 Å². The molecule has 0 aromatic heterocycles. The predicted molar refractivity (Wildman–Crippen MR) is 80.6 cm³/mol. The lowest BCUT2D eigenvalue weighted by molar-refractivity contribution is 0.00610. The Hall–Kier alpha value is -1.02. The van der Waals surface area contributed by atoms with Crippen LogP contribution in [0.4, 0.5) is 4.39 Å². The van der Waals surface area contributed by atoms with Crippen molar-refractivity contribution < 1.29 is 17.5 Å². The summed E-state index contributed by atoms with van der Waals surface area (Å²) in [5.74, 6) is -0.524. The number of sulfonamides is 1. The molecule has 2 aliphatic rings. The minimum Gasteiger partial charge on any atom is -0.379 e. The molecule has 2 aliphatic heterocycles. The summed E-state index contributed by atoms with van der Waals surface area (Å²) in [6.07, 6.45) is 1.63. The van der Waals surface area contributed by atoms with Gasteiger partial charge in [-0.1, -0.05) is 6.07 Å². The van der Waals surface area contributed by atoms with Crippen LogP contribution in [0, 0.1) is 5.82 Å². The van der Waals surface area contributed by atoms with E-state index in [2.05, 4.69) is 4.90 Å². The Kier molecular flexibility index (Phi) is 4.77. The zero-order valence-electron chi connectivity index (χ0n) is 12.4. The maximum absolute atomic E-state index is 13.3. The summed E-state index contributed by atoms with van der Waals surface area (Å²) in [6, 6.07) is 5.64. The molecule has 0 spiro atoms. The Morgan fingerprint density at radius 2 is 1.77 bits per heavy atom. The first-order valence-electron chi connectivity index (χ1n) is 7.65. The molecule has 7 heteroatoms. The fraction of sp³-hybridized carbons (Fsp3) is 0.600. The molecule has 0 radical (unpaired) electrons. The van der Waals surface area contributed by atoms with Crippen molar-refractivity contribution in [3.63, 3.8) is 0 Å². The van der Waals surface area contributed by atoms with E-state index in [-0.39, 0.29) is 4.90 Å². The van der Waals surface area contributed by atoms with Gasteiger partial charge in [0.25, 0.3) is 0 Å². The van der Waals surface area contributed by atoms with Gasteiger partial charge in [0.1, 0.15) is 5.82 Å². The van der Waals surface area contributed by atoms with Gasteiger partial charge in [0, 0.05) is 32.2 Å². The van der Waals surface area contributed by atoms with E-state index in [1.165, 1.54) is 22.5 Å². The average Bonchev–Trinajstić information content (AvgIpc) is 2.56. The van der Waals surface area contributed by atoms with Crippen LogP contribution in [-0.2, 0) is 14.8 Å². The molecule has 2 fully saturated rings. The third-order valence-corrected chi connectivity index (χ3v) is 6.31. The summed E-state index contributed by atoms with van der Waals surface area (Å²) in [5, 5.41) is 0. The Morgan fingerprint density at radius 3 is 2.41 bits per heavy atom. The number of piperidine rings is 1. The molecule has 2 heterocycles. The van der Waals surface area contributed by atoms with E-state index < -0.39 is 15.8 Å². The number of rotatable bonds is 3. The van der Waals surface area contributed by atoms with Gasteiger partial charge in [0.2, 0.25) is 10.0 Å². The van der Waals surface area contributed by atoms with E-state index in [1.54, 1.807) is 0 Å².